The fraction of sp³-hybridized carbons (Fsp3) is 0.786. The van der Waals surface area contributed by atoms with Crippen molar-refractivity contribution in [3.8, 4) is 0 Å². The van der Waals surface area contributed by atoms with E-state index in [1.165, 1.54) is 18.2 Å². The lowest BCUT2D eigenvalue weighted by atomic mass is 9.97. The molecule has 4 fully saturated rings. The van der Waals surface area contributed by atoms with Crippen molar-refractivity contribution in [2.75, 3.05) is 164 Å². The van der Waals surface area contributed by atoms with Gasteiger partial charge >= 0.3 is 12.1 Å². The van der Waals surface area contributed by atoms with E-state index >= 15 is 0 Å². The normalized spacial score (nSPS) is 19.1. The van der Waals surface area contributed by atoms with Crippen molar-refractivity contribution in [1.82, 2.24) is 58.5 Å². The molecule has 1 aromatic carbocycles. The number of rotatable bonds is 62. The van der Waals surface area contributed by atoms with Crippen LogP contribution >= 0.6 is 11.8 Å². The summed E-state index contributed by atoms with van der Waals surface area (Å²) in [5.74, 6) is 0.187. The minimum atomic E-state index is -0.453. The van der Waals surface area contributed by atoms with Gasteiger partial charge in [-0.05, 0) is 108 Å². The number of nitrogens with one attached hydrogen (secondary N) is 11. The number of carbonyl (C=O) groups excluding carboxylic acids is 9. The van der Waals surface area contributed by atoms with Crippen molar-refractivity contribution in [2.24, 2.45) is 5.92 Å². The third-order valence-corrected chi connectivity index (χ3v) is 18.8. The number of hydrogen-bond acceptors (Lipinski definition) is 19. The zero-order chi connectivity index (χ0) is 71.5. The van der Waals surface area contributed by atoms with Crippen LogP contribution in [0.3, 0.4) is 0 Å². The molecule has 0 radical (unpaired) electrons. The maximum absolute atomic E-state index is 13.5. The first kappa shape index (κ1) is 84.7. The summed E-state index contributed by atoms with van der Waals surface area (Å²) < 4.78 is 50.8. The number of benzene rings is 1. The number of ether oxygens (including phenoxy) is 9. The van der Waals surface area contributed by atoms with Crippen molar-refractivity contribution in [3.63, 3.8) is 0 Å². The molecule has 4 aliphatic rings. The third-order valence-electron chi connectivity index (χ3n) is 17.3. The number of thioether (sulfide) groups is 1. The van der Waals surface area contributed by atoms with Gasteiger partial charge in [0.1, 0.15) is 0 Å². The van der Waals surface area contributed by atoms with E-state index in [9.17, 15) is 43.2 Å². The van der Waals surface area contributed by atoms with Crippen LogP contribution in [0, 0.1) is 5.92 Å². The fourth-order valence-corrected chi connectivity index (χ4v) is 13.2. The van der Waals surface area contributed by atoms with E-state index in [1.807, 2.05) is 18.7 Å². The molecule has 7 atom stereocenters. The van der Waals surface area contributed by atoms with Crippen molar-refractivity contribution in [1.29, 1.82) is 0 Å². The Hall–Kier alpha value is -5.96. The maximum atomic E-state index is 13.5. The van der Waals surface area contributed by atoms with Crippen LogP contribution in [0.2, 0.25) is 0 Å². The molecule has 29 nitrogen and oxygen atoms in total. The second-order valence-corrected chi connectivity index (χ2v) is 27.0. The molecular formula is C70H119N11O18S. The highest BCUT2D eigenvalue weighted by Gasteiger charge is 2.42. The van der Waals surface area contributed by atoms with Gasteiger partial charge in [-0.1, -0.05) is 39.0 Å². The lowest BCUT2D eigenvalue weighted by molar-refractivity contribution is -0.122. The highest BCUT2D eigenvalue weighted by molar-refractivity contribution is 8.00. The number of hydrogen-bond donors (Lipinski definition) is 11. The summed E-state index contributed by atoms with van der Waals surface area (Å²) in [6.45, 7) is 13.8. The predicted octanol–water partition coefficient (Wildman–Crippen LogP) is 3.94. The Labute approximate surface area is 595 Å². The summed E-state index contributed by atoms with van der Waals surface area (Å²) in [6.07, 6.45) is 15.8. The molecule has 5 rings (SSSR count). The number of unbranched alkanes of at least 4 members (excludes halogenated alkanes) is 5. The molecule has 0 bridgehead atoms. The second-order valence-electron chi connectivity index (χ2n) is 25.7. The summed E-state index contributed by atoms with van der Waals surface area (Å²) in [6, 6.07) is 5.11. The summed E-state index contributed by atoms with van der Waals surface area (Å²) in [7, 11) is 0. The lowest BCUT2D eigenvalue weighted by Crippen LogP contribution is -2.36. The van der Waals surface area contributed by atoms with Gasteiger partial charge in [0, 0.05) is 144 Å². The molecule has 4 heterocycles. The van der Waals surface area contributed by atoms with Gasteiger partial charge in [-0.15, -0.1) is 0 Å². The molecule has 30 heteroatoms. The van der Waals surface area contributed by atoms with Gasteiger partial charge in [-0.25, -0.2) is 9.59 Å². The summed E-state index contributed by atoms with van der Waals surface area (Å²) >= 11 is 1.88. The highest BCUT2D eigenvalue weighted by Crippen LogP contribution is 2.33. The Morgan fingerprint density at radius 3 is 1.08 bits per heavy atom. The van der Waals surface area contributed by atoms with Crippen LogP contribution in [-0.4, -0.2) is 253 Å². The van der Waals surface area contributed by atoms with Crippen LogP contribution in [0.15, 0.2) is 18.2 Å². The summed E-state index contributed by atoms with van der Waals surface area (Å²) in [5.41, 5.74) is 0.444. The molecule has 1 aromatic rings. The number of carbonyl (C=O) groups is 9. The van der Waals surface area contributed by atoms with E-state index in [0.29, 0.717) is 214 Å². The average molecular weight is 1430 g/mol. The molecule has 0 spiro atoms. The summed E-state index contributed by atoms with van der Waals surface area (Å²) in [4.78, 5) is 112. The Balaban J connectivity index is 0.866. The average Bonchev–Trinajstić information content (AvgIpc) is 1.57. The Morgan fingerprint density at radius 1 is 0.380 bits per heavy atom. The number of amides is 11. The van der Waals surface area contributed by atoms with E-state index in [-0.39, 0.29) is 102 Å². The zero-order valence-corrected chi connectivity index (χ0v) is 60.4. The molecule has 7 unspecified atom stereocenters. The molecule has 11 N–H and O–H groups in total. The molecule has 100 heavy (non-hydrogen) atoms. The Kier molecular flexibility index (Phi) is 45.6. The molecule has 4 aliphatic heterocycles. The highest BCUT2D eigenvalue weighted by atomic mass is 32.2. The molecular weight excluding hydrogens is 1310 g/mol. The first-order chi connectivity index (χ1) is 48.7. The van der Waals surface area contributed by atoms with Crippen molar-refractivity contribution in [2.45, 2.75) is 184 Å². The maximum Gasteiger partial charge on any atom is 0.315 e. The van der Waals surface area contributed by atoms with Crippen LogP contribution in [0.5, 0.6) is 0 Å². The molecule has 0 saturated carbocycles. The quantitative estimate of drug-likeness (QED) is 0.0325. The second kappa shape index (κ2) is 53.8. The van der Waals surface area contributed by atoms with E-state index in [2.05, 4.69) is 65.4 Å². The lowest BCUT2D eigenvalue weighted by Gasteiger charge is -2.16. The largest absolute Gasteiger partial charge is 0.379 e. The minimum absolute atomic E-state index is 0.0289. The monoisotopic (exact) mass is 1430 g/mol. The SMILES string of the molecule is CC1CC(=O)NC1CCCCCC(=O)NCCCOCCOCCOCCCNC(=O)c1cc(C(=O)NCCCOCCOCCOCCCNC(=O)CCCCCC2NC(=O)NC2C)cc(C(=O)NCCCOCCOCCOCCCNC(=O)CCCCC2SCC3NC(=O)NC32)c1. The van der Waals surface area contributed by atoms with E-state index in [1.54, 1.807) is 0 Å². The van der Waals surface area contributed by atoms with Crippen molar-refractivity contribution >= 4 is 65.2 Å². The van der Waals surface area contributed by atoms with Gasteiger partial charge < -0.3 is 101 Å². The first-order valence-electron chi connectivity index (χ1n) is 36.8. The molecule has 0 aliphatic carbocycles. The van der Waals surface area contributed by atoms with E-state index in [4.69, 9.17) is 42.6 Å². The Bertz CT molecular complexity index is 2420. The number of fused-ring (bicyclic) bond motifs is 1. The fourth-order valence-electron chi connectivity index (χ4n) is 11.6. The smallest absolute Gasteiger partial charge is 0.315 e. The van der Waals surface area contributed by atoms with Gasteiger partial charge in [0.2, 0.25) is 23.6 Å². The molecule has 568 valence electrons. The summed E-state index contributed by atoms with van der Waals surface area (Å²) in [5, 5.41) is 32.6. The van der Waals surface area contributed by atoms with Gasteiger partial charge in [-0.2, -0.15) is 11.8 Å². The van der Waals surface area contributed by atoms with Crippen molar-refractivity contribution in [3.05, 3.63) is 34.9 Å². The van der Waals surface area contributed by atoms with Crippen molar-refractivity contribution < 1.29 is 85.8 Å². The molecule has 4 saturated heterocycles. The van der Waals surface area contributed by atoms with E-state index in [0.717, 1.165) is 76.4 Å². The van der Waals surface area contributed by atoms with Gasteiger partial charge in [-0.3, -0.25) is 33.6 Å². The first-order valence-corrected chi connectivity index (χ1v) is 37.8. The molecule has 11 amide bonds. The minimum Gasteiger partial charge on any atom is -0.379 e. The van der Waals surface area contributed by atoms with Gasteiger partial charge in [0.25, 0.3) is 17.7 Å². The van der Waals surface area contributed by atoms with E-state index < -0.39 is 17.7 Å². The zero-order valence-electron chi connectivity index (χ0n) is 59.6. The van der Waals surface area contributed by atoms with Crippen LogP contribution < -0.4 is 58.5 Å². The van der Waals surface area contributed by atoms with Crippen LogP contribution in [0.1, 0.15) is 180 Å². The van der Waals surface area contributed by atoms with Crippen LogP contribution in [-0.2, 0) is 61.8 Å². The van der Waals surface area contributed by atoms with Gasteiger partial charge in [0.15, 0.2) is 0 Å². The predicted molar refractivity (Wildman–Crippen MR) is 378 cm³/mol. The standard InChI is InChI=1S/C70H119N11O18S/c1-52-47-64(85)78-57(52)17-5-3-7-20-61(82)71-23-11-29-91-35-41-97-44-38-94-32-14-26-74-66(86)54-48-55(67(87)75-27-15-33-95-39-45-98-42-36-92-30-12-24-72-62(83)21-8-4-6-18-58-53(2)77-69(89)79-58)50-56(49-54)68(88)76-28-16-34-96-40-46-99-43-37-93-31-13-25-73-63(84)22-10-9-19-60-65-59(51-100-60)80-70(90)81-65/h48-50,52-53,57-60,65H,3-47,51H2,1-2H3,(H,71,82)(H,72,83)(H,73,84)(H,74,86)(H,75,87)(H,76,88)(H,78,85)(H2,77,79,89)(H2,80,81,90). The van der Waals surface area contributed by atoms with Crippen LogP contribution in [0.25, 0.3) is 0 Å². The number of urea groups is 2. The topological polar surface area (TPSA) is 369 Å². The molecule has 0 aromatic heterocycles. The third kappa shape index (κ3) is 38.9. The Morgan fingerprint density at radius 2 is 0.720 bits per heavy atom. The van der Waals surface area contributed by atoms with Gasteiger partial charge in [0.05, 0.1) is 97.4 Å². The van der Waals surface area contributed by atoms with Crippen LogP contribution in [0.4, 0.5) is 9.59 Å².